The van der Waals surface area contributed by atoms with E-state index in [9.17, 15) is 0 Å². The molecule has 6 aromatic rings. The maximum absolute atomic E-state index is 2.78. The van der Waals surface area contributed by atoms with E-state index in [4.69, 9.17) is 0 Å². The van der Waals surface area contributed by atoms with E-state index < -0.39 is 16.1 Å². The summed E-state index contributed by atoms with van der Waals surface area (Å²) in [6.07, 6.45) is 2.05. The molecule has 0 aromatic heterocycles. The molecule has 230 valence electrons. The van der Waals surface area contributed by atoms with Crippen LogP contribution in [0.5, 0.6) is 0 Å². The summed E-state index contributed by atoms with van der Waals surface area (Å²) in [6.45, 7) is 3.96. The van der Waals surface area contributed by atoms with Gasteiger partial charge in [-0.3, -0.25) is 9.34 Å². The van der Waals surface area contributed by atoms with E-state index in [0.717, 1.165) is 39.0 Å². The topological polar surface area (TPSA) is 6.48 Å². The van der Waals surface area contributed by atoms with Crippen molar-refractivity contribution in [2.45, 2.75) is 12.8 Å². The minimum Gasteiger partial charge on any atom is -0.273 e. The summed E-state index contributed by atoms with van der Waals surface area (Å²) in [4.78, 5) is 0. The van der Waals surface area contributed by atoms with Crippen LogP contribution in [0.4, 0.5) is 0 Å². The van der Waals surface area contributed by atoms with Crippen molar-refractivity contribution in [3.63, 3.8) is 0 Å². The van der Waals surface area contributed by atoms with Gasteiger partial charge in [-0.25, -0.2) is 0 Å². The van der Waals surface area contributed by atoms with Gasteiger partial charge in [0.05, 0.1) is 0 Å². The van der Waals surface area contributed by atoms with Crippen molar-refractivity contribution in [1.82, 2.24) is 9.34 Å². The molecule has 0 radical (unpaired) electrons. The highest BCUT2D eigenvalue weighted by molar-refractivity contribution is 7.71. The van der Waals surface area contributed by atoms with Crippen molar-refractivity contribution >= 4 is 37.4 Å². The van der Waals surface area contributed by atoms with Crippen molar-refractivity contribution < 1.29 is 0 Å². The number of hydrogen-bond donors (Lipinski definition) is 0. The van der Waals surface area contributed by atoms with Gasteiger partial charge in [-0.05, 0) is 45.2 Å². The van der Waals surface area contributed by atoms with Crippen LogP contribution >= 0.6 is 16.1 Å². The molecule has 6 aromatic carbocycles. The van der Waals surface area contributed by atoms with E-state index in [1.807, 2.05) is 0 Å². The summed E-state index contributed by atoms with van der Waals surface area (Å²) >= 11 is 0. The Hall–Kier alpha value is -3.90. The average Bonchev–Trinajstić information content (AvgIpc) is 3.14. The molecule has 0 fully saturated rings. The van der Waals surface area contributed by atoms with Gasteiger partial charge in [0.25, 0.3) is 0 Å². The molecule has 0 atom stereocenters. The lowest BCUT2D eigenvalue weighted by molar-refractivity contribution is 0.383. The molecule has 0 heterocycles. The molecule has 0 aliphatic rings. The molecule has 2 nitrogen and oxygen atoms in total. The molecule has 0 bridgehead atoms. The van der Waals surface area contributed by atoms with E-state index in [2.05, 4.69) is 191 Å². The molecule has 0 aliphatic carbocycles. The Bertz CT molecular complexity index is 1480. The highest BCUT2D eigenvalue weighted by Gasteiger charge is 2.26. The normalized spacial score (nSPS) is 11.5. The van der Waals surface area contributed by atoms with Gasteiger partial charge in [-0.15, -0.1) is 0 Å². The predicted molar refractivity (Wildman–Crippen MR) is 202 cm³/mol. The first-order chi connectivity index (χ1) is 22.8. The lowest BCUT2D eigenvalue weighted by atomic mass is 10.1. The predicted octanol–water partition coefficient (Wildman–Crippen LogP) is 8.17. The van der Waals surface area contributed by atoms with Gasteiger partial charge < -0.3 is 0 Å². The Morgan fingerprint density at radius 1 is 0.283 bits per heavy atom. The fourth-order valence-electron chi connectivity index (χ4n) is 5.89. The van der Waals surface area contributed by atoms with E-state index in [-0.39, 0.29) is 0 Å². The second-order valence-corrected chi connectivity index (χ2v) is 15.8. The third kappa shape index (κ3) is 8.88. The first kappa shape index (κ1) is 32.1. The molecule has 0 spiro atoms. The number of benzene rings is 6. The fourth-order valence-corrected chi connectivity index (χ4v) is 10.8. The number of rotatable bonds is 15. The van der Waals surface area contributed by atoms with Crippen LogP contribution in [-0.2, 0) is 12.8 Å². The zero-order valence-electron chi connectivity index (χ0n) is 26.4. The average molecular weight is 637 g/mol. The molecule has 4 heteroatoms. The highest BCUT2D eigenvalue weighted by atomic mass is 31.1. The van der Waals surface area contributed by atoms with E-state index >= 15 is 0 Å². The van der Waals surface area contributed by atoms with Crippen molar-refractivity contribution in [3.8, 4) is 0 Å². The van der Waals surface area contributed by atoms with Crippen molar-refractivity contribution in [3.05, 3.63) is 193 Å². The Morgan fingerprint density at radius 2 is 0.522 bits per heavy atom. The van der Waals surface area contributed by atoms with Crippen LogP contribution in [0.2, 0.25) is 0 Å². The van der Waals surface area contributed by atoms with Gasteiger partial charge >= 0.3 is 0 Å². The maximum Gasteiger partial charge on any atom is 0.0281 e. The summed E-state index contributed by atoms with van der Waals surface area (Å²) in [5.74, 6) is 0. The van der Waals surface area contributed by atoms with Crippen LogP contribution in [0.3, 0.4) is 0 Å². The molecule has 46 heavy (non-hydrogen) atoms. The quantitative estimate of drug-likeness (QED) is 0.105. The van der Waals surface area contributed by atoms with Crippen LogP contribution in [0.15, 0.2) is 182 Å². The van der Waals surface area contributed by atoms with Crippen LogP contribution in [0.25, 0.3) is 0 Å². The standard InChI is InChI=1S/C42H42N2P2/c1-7-19-37(20-8-1)31-33-43(45(39-23-11-3-12-24-39)40-25-13-4-14-26-40)35-36-44(34-32-38-21-9-2-10-22-38)46(41-27-15-5-16-28-41)42-29-17-6-18-30-42/h1-30H,31-36H2. The van der Waals surface area contributed by atoms with Gasteiger partial charge in [0.2, 0.25) is 0 Å². The summed E-state index contributed by atoms with van der Waals surface area (Å²) in [7, 11) is -1.42. The summed E-state index contributed by atoms with van der Waals surface area (Å²) in [5, 5.41) is 5.61. The summed E-state index contributed by atoms with van der Waals surface area (Å²) in [5.41, 5.74) is 2.78. The minimum absolute atomic E-state index is 0.708. The fraction of sp³-hybridized carbons (Fsp3) is 0.143. The largest absolute Gasteiger partial charge is 0.273 e. The molecule has 0 unspecified atom stereocenters. The lowest BCUT2D eigenvalue weighted by Crippen LogP contribution is -2.39. The first-order valence-corrected chi connectivity index (χ1v) is 18.8. The second-order valence-electron chi connectivity index (χ2n) is 11.3. The first-order valence-electron chi connectivity index (χ1n) is 16.2. The monoisotopic (exact) mass is 636 g/mol. The molecular formula is C42H42N2P2. The Balaban J connectivity index is 1.36. The Kier molecular flexibility index (Phi) is 11.9. The maximum atomic E-state index is 2.78. The number of nitrogens with zero attached hydrogens (tertiary/aromatic N) is 2. The lowest BCUT2D eigenvalue weighted by Gasteiger charge is -2.37. The van der Waals surface area contributed by atoms with E-state index in [1.54, 1.807) is 0 Å². The van der Waals surface area contributed by atoms with Gasteiger partial charge in [-0.2, -0.15) is 0 Å². The van der Waals surface area contributed by atoms with Gasteiger partial charge in [0.1, 0.15) is 0 Å². The minimum atomic E-state index is -0.708. The zero-order chi connectivity index (χ0) is 31.2. The third-order valence-electron chi connectivity index (χ3n) is 8.19. The van der Waals surface area contributed by atoms with Crippen molar-refractivity contribution in [2.24, 2.45) is 0 Å². The Labute approximate surface area is 278 Å². The molecule has 0 aliphatic heterocycles. The summed E-state index contributed by atoms with van der Waals surface area (Å²) < 4.78 is 5.57. The van der Waals surface area contributed by atoms with Gasteiger partial charge in [0.15, 0.2) is 0 Å². The van der Waals surface area contributed by atoms with Crippen LogP contribution < -0.4 is 21.2 Å². The molecule has 6 rings (SSSR count). The van der Waals surface area contributed by atoms with Gasteiger partial charge in [0, 0.05) is 42.3 Å². The zero-order valence-corrected chi connectivity index (χ0v) is 28.1. The summed E-state index contributed by atoms with van der Waals surface area (Å²) in [6, 6.07) is 66.6. The molecule has 0 saturated carbocycles. The smallest absolute Gasteiger partial charge is 0.0281 e. The third-order valence-corrected chi connectivity index (χ3v) is 13.3. The highest BCUT2D eigenvalue weighted by Crippen LogP contribution is 2.41. The van der Waals surface area contributed by atoms with Crippen molar-refractivity contribution in [1.29, 1.82) is 0 Å². The van der Waals surface area contributed by atoms with E-state index in [0.29, 0.717) is 0 Å². The van der Waals surface area contributed by atoms with E-state index in [1.165, 1.54) is 32.3 Å². The Morgan fingerprint density at radius 3 is 0.783 bits per heavy atom. The van der Waals surface area contributed by atoms with Crippen LogP contribution in [0.1, 0.15) is 11.1 Å². The molecule has 0 saturated heterocycles. The SMILES string of the molecule is c1ccc(CCN(CCN(CCc2ccccc2)P(c2ccccc2)c2ccccc2)P(c2ccccc2)c2ccccc2)cc1. The van der Waals surface area contributed by atoms with Crippen LogP contribution in [-0.4, -0.2) is 35.5 Å². The molecule has 0 amide bonds. The molecule has 0 N–H and O–H groups in total. The second kappa shape index (κ2) is 17.1. The van der Waals surface area contributed by atoms with Crippen LogP contribution in [0, 0.1) is 0 Å². The van der Waals surface area contributed by atoms with Gasteiger partial charge in [-0.1, -0.05) is 182 Å². The molecular weight excluding hydrogens is 594 g/mol. The number of hydrogen-bond acceptors (Lipinski definition) is 2. The van der Waals surface area contributed by atoms with Crippen molar-refractivity contribution in [2.75, 3.05) is 26.2 Å².